The van der Waals surface area contributed by atoms with E-state index in [0.717, 1.165) is 12.3 Å². The first-order chi connectivity index (χ1) is 11.7. The number of alkyl halides is 3. The van der Waals surface area contributed by atoms with E-state index in [1.807, 2.05) is 5.48 Å². The van der Waals surface area contributed by atoms with Crippen molar-refractivity contribution in [2.24, 2.45) is 5.73 Å². The van der Waals surface area contributed by atoms with Crippen LogP contribution in [0.15, 0.2) is 12.3 Å². The van der Waals surface area contributed by atoms with Gasteiger partial charge in [-0.3, -0.25) is 14.5 Å². The molecule has 1 fully saturated rings. The van der Waals surface area contributed by atoms with Crippen LogP contribution in [-0.4, -0.2) is 49.6 Å². The van der Waals surface area contributed by atoms with E-state index in [-0.39, 0.29) is 17.5 Å². The first-order valence-corrected chi connectivity index (χ1v) is 7.54. The van der Waals surface area contributed by atoms with Crippen molar-refractivity contribution in [1.29, 1.82) is 0 Å². The third-order valence-electron chi connectivity index (χ3n) is 3.52. The molecule has 0 aromatic carbocycles. The van der Waals surface area contributed by atoms with Gasteiger partial charge < -0.3 is 10.6 Å². The van der Waals surface area contributed by atoms with Crippen LogP contribution in [-0.2, 0) is 15.8 Å². The molecule has 0 spiro atoms. The third-order valence-corrected chi connectivity index (χ3v) is 3.81. The minimum absolute atomic E-state index is 0.0522. The average molecular weight is 383 g/mol. The number of H-pyrrole nitrogens is 1. The Balaban J connectivity index is 1.92. The van der Waals surface area contributed by atoms with Crippen LogP contribution in [0.3, 0.4) is 0 Å². The first kappa shape index (κ1) is 19.1. The third kappa shape index (κ3) is 5.10. The molecule has 0 saturated carbocycles. The van der Waals surface area contributed by atoms with Crippen molar-refractivity contribution in [3.63, 3.8) is 0 Å². The Kier molecular flexibility index (Phi) is 5.90. The van der Waals surface area contributed by atoms with Crippen LogP contribution in [0, 0.1) is 0 Å². The minimum atomic E-state index is -4.48. The number of rotatable bonds is 4. The molecule has 0 bridgehead atoms. The molecule has 1 saturated heterocycles. The highest BCUT2D eigenvalue weighted by Gasteiger charge is 2.34. The predicted molar refractivity (Wildman–Crippen MR) is 80.5 cm³/mol. The van der Waals surface area contributed by atoms with E-state index in [4.69, 9.17) is 17.3 Å². The standard InChI is InChI=1S/C13H15ClF3N5O3/c14-9-5-8(13(15,16)17)6-19-11(9)22-3-1-21(2-4-22)10(23)7-25-20-12(18)24/h5-6H,1-4,7H2,(H3,18,20,24)/p+1. The van der Waals surface area contributed by atoms with Gasteiger partial charge in [0.15, 0.2) is 6.61 Å². The summed E-state index contributed by atoms with van der Waals surface area (Å²) in [6.07, 6.45) is -3.63. The monoisotopic (exact) mass is 382 g/mol. The maximum Gasteiger partial charge on any atom is 0.419 e. The van der Waals surface area contributed by atoms with Gasteiger partial charge in [0, 0.05) is 0 Å². The summed E-state index contributed by atoms with van der Waals surface area (Å²) in [6, 6.07) is -0.0565. The number of nitrogens with two attached hydrogens (primary N) is 1. The zero-order chi connectivity index (χ0) is 18.6. The Labute approximate surface area is 145 Å². The van der Waals surface area contributed by atoms with Crippen LogP contribution in [0.2, 0.25) is 5.02 Å². The fourth-order valence-corrected chi connectivity index (χ4v) is 2.60. The highest BCUT2D eigenvalue weighted by molar-refractivity contribution is 6.32. The Morgan fingerprint density at radius 2 is 1.96 bits per heavy atom. The van der Waals surface area contributed by atoms with E-state index >= 15 is 0 Å². The smallest absolute Gasteiger partial charge is 0.350 e. The maximum absolute atomic E-state index is 12.7. The predicted octanol–water partition coefficient (Wildman–Crippen LogP) is 0.421. The van der Waals surface area contributed by atoms with E-state index < -0.39 is 17.8 Å². The molecular formula is C13H16ClF3N5O3+. The van der Waals surface area contributed by atoms with E-state index in [1.54, 1.807) is 4.90 Å². The number of nitrogens with one attached hydrogen (secondary N) is 2. The molecule has 25 heavy (non-hydrogen) atoms. The van der Waals surface area contributed by atoms with Gasteiger partial charge in [0.2, 0.25) is 0 Å². The SMILES string of the molecule is NC(=O)NOCC(=O)N1CCN(c2[nH+]cc(C(F)(F)F)cc2Cl)CC1. The van der Waals surface area contributed by atoms with Crippen molar-refractivity contribution in [3.8, 4) is 0 Å². The Morgan fingerprint density at radius 3 is 2.48 bits per heavy atom. The number of halogens is 4. The van der Waals surface area contributed by atoms with Gasteiger partial charge in [-0.2, -0.15) is 13.2 Å². The quantitative estimate of drug-likeness (QED) is 0.737. The molecule has 12 heteroatoms. The number of aromatic amines is 1. The molecule has 2 heterocycles. The Morgan fingerprint density at radius 1 is 1.32 bits per heavy atom. The van der Waals surface area contributed by atoms with Crippen molar-refractivity contribution < 1.29 is 32.6 Å². The van der Waals surface area contributed by atoms with Crippen LogP contribution in [0.4, 0.5) is 23.8 Å². The molecule has 2 rings (SSSR count). The molecule has 0 aliphatic carbocycles. The van der Waals surface area contributed by atoms with Crippen molar-refractivity contribution in [1.82, 2.24) is 10.4 Å². The van der Waals surface area contributed by atoms with Gasteiger partial charge in [0.1, 0.15) is 24.3 Å². The van der Waals surface area contributed by atoms with Crippen LogP contribution in [0.5, 0.6) is 0 Å². The summed E-state index contributed by atoms with van der Waals surface area (Å²) >= 11 is 5.94. The summed E-state index contributed by atoms with van der Waals surface area (Å²) in [4.78, 5) is 32.7. The molecule has 1 aromatic rings. The number of urea groups is 1. The average Bonchev–Trinajstić information content (AvgIpc) is 2.53. The van der Waals surface area contributed by atoms with Gasteiger partial charge >= 0.3 is 12.2 Å². The van der Waals surface area contributed by atoms with Gasteiger partial charge in [-0.25, -0.2) is 15.3 Å². The lowest BCUT2D eigenvalue weighted by molar-refractivity contribution is -0.367. The maximum atomic E-state index is 12.7. The summed E-state index contributed by atoms with van der Waals surface area (Å²) in [5.41, 5.74) is 5.77. The summed E-state index contributed by atoms with van der Waals surface area (Å²) < 4.78 is 38.0. The highest BCUT2D eigenvalue weighted by Crippen LogP contribution is 2.32. The van der Waals surface area contributed by atoms with Crippen molar-refractivity contribution in [3.05, 3.63) is 22.8 Å². The largest absolute Gasteiger partial charge is 0.419 e. The van der Waals surface area contributed by atoms with E-state index in [9.17, 15) is 22.8 Å². The number of hydrogen-bond acceptors (Lipinski definition) is 4. The van der Waals surface area contributed by atoms with Crippen LogP contribution < -0.4 is 21.1 Å². The van der Waals surface area contributed by atoms with E-state index in [0.29, 0.717) is 32.0 Å². The molecule has 4 N–H and O–H groups in total. The number of amides is 3. The second-order valence-electron chi connectivity index (χ2n) is 5.21. The number of carbonyl (C=O) groups excluding carboxylic acids is 2. The molecule has 0 radical (unpaired) electrons. The second-order valence-corrected chi connectivity index (χ2v) is 5.61. The molecule has 1 aliphatic heterocycles. The fraction of sp³-hybridized carbons (Fsp3) is 0.462. The molecular weight excluding hydrogens is 367 g/mol. The molecule has 0 unspecified atom stereocenters. The van der Waals surface area contributed by atoms with E-state index in [2.05, 4.69) is 9.82 Å². The summed E-state index contributed by atoms with van der Waals surface area (Å²) in [5.74, 6) is 0.00399. The number of nitrogens with zero attached hydrogens (tertiary/aromatic N) is 2. The van der Waals surface area contributed by atoms with Crippen LogP contribution >= 0.6 is 11.6 Å². The van der Waals surface area contributed by atoms with Gasteiger partial charge in [0.25, 0.3) is 11.7 Å². The lowest BCUT2D eigenvalue weighted by Crippen LogP contribution is -2.51. The van der Waals surface area contributed by atoms with E-state index in [1.165, 1.54) is 4.90 Å². The fourth-order valence-electron chi connectivity index (χ4n) is 2.31. The van der Waals surface area contributed by atoms with Gasteiger partial charge in [0.05, 0.1) is 18.7 Å². The van der Waals surface area contributed by atoms with Crippen molar-refractivity contribution in [2.75, 3.05) is 37.7 Å². The first-order valence-electron chi connectivity index (χ1n) is 7.17. The highest BCUT2D eigenvalue weighted by atomic mass is 35.5. The number of aromatic nitrogens is 1. The van der Waals surface area contributed by atoms with Gasteiger partial charge in [-0.1, -0.05) is 11.6 Å². The summed E-state index contributed by atoms with van der Waals surface area (Å²) in [6.45, 7) is 1.02. The van der Waals surface area contributed by atoms with Crippen molar-refractivity contribution in [2.45, 2.75) is 6.18 Å². The molecule has 3 amide bonds. The van der Waals surface area contributed by atoms with Crippen LogP contribution in [0.1, 0.15) is 5.56 Å². The molecule has 138 valence electrons. The number of hydrogen-bond donors (Lipinski definition) is 2. The molecule has 1 aromatic heterocycles. The lowest BCUT2D eigenvalue weighted by atomic mass is 10.2. The topological polar surface area (TPSA) is 102 Å². The minimum Gasteiger partial charge on any atom is -0.350 e. The number of piperazine rings is 1. The molecule has 1 aliphatic rings. The van der Waals surface area contributed by atoms with Gasteiger partial charge in [-0.05, 0) is 6.07 Å². The van der Waals surface area contributed by atoms with Gasteiger partial charge in [-0.15, -0.1) is 0 Å². The number of anilines is 1. The summed E-state index contributed by atoms with van der Waals surface area (Å²) in [5, 5.41) is -0.0522. The Bertz CT molecular complexity index is 650. The number of pyridine rings is 1. The number of carbonyl (C=O) groups is 2. The zero-order valence-electron chi connectivity index (χ0n) is 12.9. The lowest BCUT2D eigenvalue weighted by Gasteiger charge is -2.31. The number of hydroxylamine groups is 1. The van der Waals surface area contributed by atoms with Crippen molar-refractivity contribution >= 4 is 29.4 Å². The molecule has 0 atom stereocenters. The Hall–Kier alpha value is -2.27. The summed E-state index contributed by atoms with van der Waals surface area (Å²) in [7, 11) is 0. The normalized spacial score (nSPS) is 15.2. The van der Waals surface area contributed by atoms with Crippen LogP contribution in [0.25, 0.3) is 0 Å². The second kappa shape index (κ2) is 7.74. The zero-order valence-corrected chi connectivity index (χ0v) is 13.7. The molecule has 8 nitrogen and oxygen atoms in total. The number of primary amides is 1.